The molecule has 0 bridgehead atoms. The summed E-state index contributed by atoms with van der Waals surface area (Å²) in [5.74, 6) is 0. The van der Waals surface area contributed by atoms with Crippen LogP contribution in [-0.4, -0.2) is 26.6 Å². The highest BCUT2D eigenvalue weighted by molar-refractivity contribution is 7.11. The molecule has 3 nitrogen and oxygen atoms in total. The van der Waals surface area contributed by atoms with E-state index in [0.717, 1.165) is 5.46 Å². The Labute approximate surface area is 147 Å². The Kier molecular flexibility index (Phi) is 5.00. The normalized spacial score (nSPS) is 21.0. The van der Waals surface area contributed by atoms with Crippen LogP contribution < -0.4 is 5.46 Å². The predicted molar refractivity (Wildman–Crippen MR) is 102 cm³/mol. The summed E-state index contributed by atoms with van der Waals surface area (Å²) in [5.41, 5.74) is 0.511. The lowest BCUT2D eigenvalue weighted by Gasteiger charge is -2.36. The summed E-state index contributed by atoms with van der Waals surface area (Å²) < 4.78 is 18.5. The van der Waals surface area contributed by atoms with Crippen LogP contribution >= 0.6 is 11.3 Å². The maximum absolute atomic E-state index is 6.31. The molecule has 0 saturated carbocycles. The summed E-state index contributed by atoms with van der Waals surface area (Å²) in [6.45, 7) is 20.4. The monoisotopic (exact) mass is 354 g/mol. The van der Waals surface area contributed by atoms with Crippen LogP contribution in [0.2, 0.25) is 18.1 Å². The largest absolute Gasteiger partial charge is 0.495 e. The molecule has 1 aliphatic rings. The van der Waals surface area contributed by atoms with Gasteiger partial charge in [-0.15, -0.1) is 11.3 Å². The van der Waals surface area contributed by atoms with Crippen molar-refractivity contribution in [3.63, 3.8) is 0 Å². The van der Waals surface area contributed by atoms with Gasteiger partial charge in [-0.3, -0.25) is 0 Å². The Hall–Kier alpha value is -0.138. The molecular formula is C17H31BO3SSi. The highest BCUT2D eigenvalue weighted by Crippen LogP contribution is 2.38. The molecule has 1 fully saturated rings. The van der Waals surface area contributed by atoms with Crippen molar-refractivity contribution in [3.05, 3.63) is 16.3 Å². The zero-order valence-corrected chi connectivity index (χ0v) is 17.9. The third kappa shape index (κ3) is 3.93. The summed E-state index contributed by atoms with van der Waals surface area (Å²) in [7, 11) is -1.99. The molecule has 6 heteroatoms. The molecule has 0 unspecified atom stereocenters. The first-order valence-corrected chi connectivity index (χ1v) is 12.1. The Morgan fingerprint density at radius 3 is 2.13 bits per heavy atom. The first-order chi connectivity index (χ1) is 10.3. The van der Waals surface area contributed by atoms with E-state index in [9.17, 15) is 0 Å². The van der Waals surface area contributed by atoms with Gasteiger partial charge in [0, 0.05) is 4.88 Å². The zero-order chi connectivity index (χ0) is 17.7. The molecule has 0 aliphatic carbocycles. The second-order valence-electron chi connectivity index (χ2n) is 8.98. The molecule has 0 amide bonds. The van der Waals surface area contributed by atoms with E-state index in [1.807, 2.05) is 0 Å². The molecular weight excluding hydrogens is 323 g/mol. The van der Waals surface area contributed by atoms with Crippen LogP contribution in [0.5, 0.6) is 0 Å². The molecule has 1 aromatic rings. The van der Waals surface area contributed by atoms with Gasteiger partial charge in [0.1, 0.15) is 0 Å². The van der Waals surface area contributed by atoms with Crippen molar-refractivity contribution in [2.45, 2.75) is 84.4 Å². The van der Waals surface area contributed by atoms with Crippen molar-refractivity contribution < 1.29 is 13.7 Å². The van der Waals surface area contributed by atoms with Crippen LogP contribution in [0.1, 0.15) is 53.3 Å². The van der Waals surface area contributed by atoms with Gasteiger partial charge in [0.25, 0.3) is 0 Å². The van der Waals surface area contributed by atoms with Crippen LogP contribution in [-0.2, 0) is 20.3 Å². The molecule has 0 aromatic carbocycles. The van der Waals surface area contributed by atoms with E-state index < -0.39 is 8.32 Å². The number of hydrogen-bond donors (Lipinski definition) is 0. The minimum absolute atomic E-state index is 0.235. The standard InChI is InChI=1S/C17H31BO3SSi/c1-15(2,3)23(8,9)19-11-14-10-13(12-22-14)18-20-16(4,5)17(6,7)21-18/h10,12H,11H2,1-9H3. The first kappa shape index (κ1) is 19.2. The van der Waals surface area contributed by atoms with E-state index in [-0.39, 0.29) is 23.4 Å². The van der Waals surface area contributed by atoms with Crippen molar-refractivity contribution in [3.8, 4) is 0 Å². The van der Waals surface area contributed by atoms with Crippen LogP contribution in [0.4, 0.5) is 0 Å². The fourth-order valence-corrected chi connectivity index (χ4v) is 3.90. The first-order valence-electron chi connectivity index (χ1n) is 8.32. The minimum atomic E-state index is -1.71. The summed E-state index contributed by atoms with van der Waals surface area (Å²) >= 11 is 1.73. The number of thiophene rings is 1. The van der Waals surface area contributed by atoms with Gasteiger partial charge in [-0.25, -0.2) is 0 Å². The molecule has 0 atom stereocenters. The molecule has 2 rings (SSSR count). The molecule has 1 aliphatic heterocycles. The lowest BCUT2D eigenvalue weighted by Crippen LogP contribution is -2.41. The Balaban J connectivity index is 2.03. The summed E-state index contributed by atoms with van der Waals surface area (Å²) in [5, 5.41) is 2.37. The van der Waals surface area contributed by atoms with Gasteiger partial charge in [-0.2, -0.15) is 0 Å². The topological polar surface area (TPSA) is 27.7 Å². The maximum Gasteiger partial charge on any atom is 0.495 e. The Morgan fingerprint density at radius 1 is 1.13 bits per heavy atom. The molecule has 130 valence electrons. The van der Waals surface area contributed by atoms with E-state index in [4.69, 9.17) is 13.7 Å². The third-order valence-electron chi connectivity index (χ3n) is 5.58. The van der Waals surface area contributed by atoms with Gasteiger partial charge in [0.05, 0.1) is 17.8 Å². The summed E-state index contributed by atoms with van der Waals surface area (Å²) in [6, 6.07) is 2.17. The average Bonchev–Trinajstić information content (AvgIpc) is 2.89. The van der Waals surface area contributed by atoms with Gasteiger partial charge in [0.15, 0.2) is 8.32 Å². The van der Waals surface area contributed by atoms with E-state index in [0.29, 0.717) is 6.61 Å². The second kappa shape index (κ2) is 5.99. The maximum atomic E-state index is 6.31. The van der Waals surface area contributed by atoms with Crippen LogP contribution in [0.25, 0.3) is 0 Å². The Bertz CT molecular complexity index is 544. The molecule has 1 aromatic heterocycles. The highest BCUT2D eigenvalue weighted by Gasteiger charge is 2.51. The van der Waals surface area contributed by atoms with Crippen molar-refractivity contribution in [1.29, 1.82) is 0 Å². The van der Waals surface area contributed by atoms with Gasteiger partial charge in [-0.05, 0) is 62.7 Å². The van der Waals surface area contributed by atoms with Crippen molar-refractivity contribution in [2.75, 3.05) is 0 Å². The van der Waals surface area contributed by atoms with Crippen LogP contribution in [0, 0.1) is 0 Å². The van der Waals surface area contributed by atoms with Crippen molar-refractivity contribution in [1.82, 2.24) is 0 Å². The molecule has 23 heavy (non-hydrogen) atoms. The van der Waals surface area contributed by atoms with Crippen molar-refractivity contribution >= 4 is 32.2 Å². The van der Waals surface area contributed by atoms with Crippen LogP contribution in [0.15, 0.2) is 11.4 Å². The number of rotatable bonds is 4. The molecule has 2 heterocycles. The lowest BCUT2D eigenvalue weighted by atomic mass is 9.81. The molecule has 0 N–H and O–H groups in total. The Morgan fingerprint density at radius 2 is 1.65 bits per heavy atom. The van der Waals surface area contributed by atoms with E-state index in [1.54, 1.807) is 11.3 Å². The van der Waals surface area contributed by atoms with E-state index >= 15 is 0 Å². The molecule has 1 saturated heterocycles. The summed E-state index contributed by atoms with van der Waals surface area (Å²) in [4.78, 5) is 1.24. The molecule has 0 spiro atoms. The van der Waals surface area contributed by atoms with E-state index in [2.05, 4.69) is 73.0 Å². The SMILES string of the molecule is CC1(C)OB(c2csc(CO[Si](C)(C)C(C)(C)C)c2)OC1(C)C. The highest BCUT2D eigenvalue weighted by atomic mass is 32.1. The minimum Gasteiger partial charge on any atom is -0.412 e. The van der Waals surface area contributed by atoms with Crippen molar-refractivity contribution in [2.24, 2.45) is 0 Å². The smallest absolute Gasteiger partial charge is 0.412 e. The molecule has 0 radical (unpaired) electrons. The van der Waals surface area contributed by atoms with Crippen LogP contribution in [0.3, 0.4) is 0 Å². The third-order valence-corrected chi connectivity index (χ3v) is 11.0. The van der Waals surface area contributed by atoms with Gasteiger partial charge in [0.2, 0.25) is 0 Å². The van der Waals surface area contributed by atoms with Gasteiger partial charge in [-0.1, -0.05) is 20.8 Å². The van der Waals surface area contributed by atoms with Gasteiger partial charge >= 0.3 is 7.12 Å². The summed E-state index contributed by atoms with van der Waals surface area (Å²) in [6.07, 6.45) is 0. The van der Waals surface area contributed by atoms with Gasteiger partial charge < -0.3 is 13.7 Å². The second-order valence-corrected chi connectivity index (χ2v) is 14.8. The number of hydrogen-bond acceptors (Lipinski definition) is 4. The lowest BCUT2D eigenvalue weighted by molar-refractivity contribution is 0.00578. The predicted octanol–water partition coefficient (Wildman–Crippen LogP) is 4.57. The zero-order valence-electron chi connectivity index (χ0n) is 16.1. The average molecular weight is 354 g/mol. The quantitative estimate of drug-likeness (QED) is 0.742. The van der Waals surface area contributed by atoms with E-state index in [1.165, 1.54) is 4.88 Å². The fraction of sp³-hybridized carbons (Fsp3) is 0.765. The fourth-order valence-electron chi connectivity index (χ4n) is 2.04.